The predicted molar refractivity (Wildman–Crippen MR) is 65.4 cm³/mol. The number of aliphatic hydroxyl groups excluding tert-OH is 1. The van der Waals surface area contributed by atoms with E-state index in [0.29, 0.717) is 5.56 Å². The molecule has 0 aliphatic heterocycles. The van der Waals surface area contributed by atoms with Gasteiger partial charge in [-0.15, -0.1) is 0 Å². The van der Waals surface area contributed by atoms with Gasteiger partial charge in [0.1, 0.15) is 5.60 Å². The quantitative estimate of drug-likeness (QED) is 0.889. The lowest BCUT2D eigenvalue weighted by Gasteiger charge is -2.20. The second-order valence-electron chi connectivity index (χ2n) is 5.05. The molecule has 0 fully saturated rings. The first kappa shape index (κ1) is 15.4. The second-order valence-corrected chi connectivity index (χ2v) is 5.05. The van der Waals surface area contributed by atoms with E-state index in [-0.39, 0.29) is 12.1 Å². The van der Waals surface area contributed by atoms with Crippen LogP contribution >= 0.6 is 0 Å². The Hall–Kier alpha value is -1.69. The summed E-state index contributed by atoms with van der Waals surface area (Å²) in [4.78, 5) is 11.4. The Morgan fingerprint density at radius 1 is 1.26 bits per heavy atom. The van der Waals surface area contributed by atoms with Gasteiger partial charge in [0.15, 0.2) is 11.6 Å². The van der Waals surface area contributed by atoms with Crippen molar-refractivity contribution in [2.24, 2.45) is 0 Å². The van der Waals surface area contributed by atoms with E-state index in [0.717, 1.165) is 12.1 Å². The molecule has 1 aromatic rings. The highest BCUT2D eigenvalue weighted by Crippen LogP contribution is 2.15. The summed E-state index contributed by atoms with van der Waals surface area (Å²) in [7, 11) is 0. The average molecular weight is 273 g/mol. The SMILES string of the molecule is CC(C)(C)OC(=O)NCc1cc(F)c(F)cc1CO. The summed E-state index contributed by atoms with van der Waals surface area (Å²) in [6, 6.07) is 1.85. The molecule has 0 aliphatic carbocycles. The molecule has 1 rings (SSSR count). The third-order valence-corrected chi connectivity index (χ3v) is 2.23. The van der Waals surface area contributed by atoms with Gasteiger partial charge in [-0.3, -0.25) is 0 Å². The summed E-state index contributed by atoms with van der Waals surface area (Å²) in [5.74, 6) is -2.07. The standard InChI is InChI=1S/C13H17F2NO3/c1-13(2,3)19-12(18)16-6-8-4-10(14)11(15)5-9(8)7-17/h4-5,17H,6-7H2,1-3H3,(H,16,18). The van der Waals surface area contributed by atoms with E-state index in [9.17, 15) is 13.6 Å². The van der Waals surface area contributed by atoms with Crippen LogP contribution in [-0.4, -0.2) is 16.8 Å². The highest BCUT2D eigenvalue weighted by Gasteiger charge is 2.16. The van der Waals surface area contributed by atoms with Crippen molar-refractivity contribution in [3.8, 4) is 0 Å². The Morgan fingerprint density at radius 2 is 1.79 bits per heavy atom. The maximum Gasteiger partial charge on any atom is 0.407 e. The molecule has 0 aliphatic rings. The number of aliphatic hydroxyl groups is 1. The number of amides is 1. The van der Waals surface area contributed by atoms with Crippen LogP contribution in [0.1, 0.15) is 31.9 Å². The summed E-state index contributed by atoms with van der Waals surface area (Å²) in [5, 5.41) is 11.5. The molecule has 0 bridgehead atoms. The van der Waals surface area contributed by atoms with Crippen LogP contribution < -0.4 is 5.32 Å². The van der Waals surface area contributed by atoms with Gasteiger partial charge < -0.3 is 15.2 Å². The van der Waals surface area contributed by atoms with Gasteiger partial charge in [-0.05, 0) is 44.0 Å². The van der Waals surface area contributed by atoms with Gasteiger partial charge in [0, 0.05) is 6.54 Å². The van der Waals surface area contributed by atoms with Gasteiger partial charge >= 0.3 is 6.09 Å². The van der Waals surface area contributed by atoms with Gasteiger partial charge in [-0.2, -0.15) is 0 Å². The molecule has 6 heteroatoms. The Labute approximate surface area is 110 Å². The number of carbonyl (C=O) groups excluding carboxylic acids is 1. The molecule has 0 unspecified atom stereocenters. The van der Waals surface area contributed by atoms with E-state index in [1.54, 1.807) is 20.8 Å². The zero-order chi connectivity index (χ0) is 14.6. The third kappa shape index (κ3) is 4.82. The Morgan fingerprint density at radius 3 is 2.26 bits per heavy atom. The molecule has 0 radical (unpaired) electrons. The van der Waals surface area contributed by atoms with Gasteiger partial charge in [-0.25, -0.2) is 13.6 Å². The highest BCUT2D eigenvalue weighted by atomic mass is 19.2. The number of ether oxygens (including phenoxy) is 1. The molecule has 2 N–H and O–H groups in total. The van der Waals surface area contributed by atoms with Crippen LogP contribution in [-0.2, 0) is 17.9 Å². The first-order chi connectivity index (χ1) is 8.73. The molecule has 0 saturated carbocycles. The van der Waals surface area contributed by atoms with Crippen molar-refractivity contribution in [1.29, 1.82) is 0 Å². The number of carbonyl (C=O) groups is 1. The lowest BCUT2D eigenvalue weighted by molar-refractivity contribution is 0.0523. The van der Waals surface area contributed by atoms with Crippen LogP contribution in [0.25, 0.3) is 0 Å². The van der Waals surface area contributed by atoms with Gasteiger partial charge in [0.25, 0.3) is 0 Å². The molecule has 0 spiro atoms. The minimum absolute atomic E-state index is 0.0536. The zero-order valence-electron chi connectivity index (χ0n) is 11.1. The second kappa shape index (κ2) is 5.97. The van der Waals surface area contributed by atoms with Crippen LogP contribution in [0.5, 0.6) is 0 Å². The molecule has 1 amide bonds. The van der Waals surface area contributed by atoms with Crippen molar-refractivity contribution in [2.45, 2.75) is 39.5 Å². The van der Waals surface area contributed by atoms with Gasteiger partial charge in [-0.1, -0.05) is 0 Å². The lowest BCUT2D eigenvalue weighted by atomic mass is 10.1. The smallest absolute Gasteiger partial charge is 0.407 e. The molecule has 106 valence electrons. The maximum atomic E-state index is 13.1. The van der Waals surface area contributed by atoms with Crippen LogP contribution in [0.2, 0.25) is 0 Å². The number of nitrogens with one attached hydrogen (secondary N) is 1. The van der Waals surface area contributed by atoms with E-state index in [2.05, 4.69) is 5.32 Å². The van der Waals surface area contributed by atoms with Crippen LogP contribution in [0.3, 0.4) is 0 Å². The summed E-state index contributed by atoms with van der Waals surface area (Å²) >= 11 is 0. The third-order valence-electron chi connectivity index (χ3n) is 2.23. The molecular weight excluding hydrogens is 256 g/mol. The highest BCUT2D eigenvalue weighted by molar-refractivity contribution is 5.67. The van der Waals surface area contributed by atoms with Crippen LogP contribution in [0, 0.1) is 11.6 Å². The van der Waals surface area contributed by atoms with Crippen molar-refractivity contribution in [3.63, 3.8) is 0 Å². The minimum Gasteiger partial charge on any atom is -0.444 e. The molecule has 4 nitrogen and oxygen atoms in total. The topological polar surface area (TPSA) is 58.6 Å². The fraction of sp³-hybridized carbons (Fsp3) is 0.462. The molecule has 19 heavy (non-hydrogen) atoms. The van der Waals surface area contributed by atoms with Crippen molar-refractivity contribution in [3.05, 3.63) is 34.9 Å². The number of halogens is 2. The summed E-state index contributed by atoms with van der Waals surface area (Å²) in [6.45, 7) is 4.64. The molecule has 0 aromatic heterocycles. The van der Waals surface area contributed by atoms with E-state index in [1.807, 2.05) is 0 Å². The zero-order valence-corrected chi connectivity index (χ0v) is 11.1. The summed E-state index contributed by atoms with van der Waals surface area (Å²) in [6.07, 6.45) is -0.666. The van der Waals surface area contributed by atoms with Crippen molar-refractivity contribution in [1.82, 2.24) is 5.32 Å². The Kier molecular flexibility index (Phi) is 4.83. The van der Waals surface area contributed by atoms with Gasteiger partial charge in [0.05, 0.1) is 6.61 Å². The number of rotatable bonds is 3. The number of hydrogen-bond acceptors (Lipinski definition) is 3. The molecule has 0 atom stereocenters. The molecule has 0 saturated heterocycles. The summed E-state index contributed by atoms with van der Waals surface area (Å²) < 4.78 is 31.1. The number of benzene rings is 1. The Balaban J connectivity index is 2.72. The van der Waals surface area contributed by atoms with Crippen molar-refractivity contribution >= 4 is 6.09 Å². The maximum absolute atomic E-state index is 13.1. The average Bonchev–Trinajstić information content (AvgIpc) is 2.28. The van der Waals surface area contributed by atoms with E-state index in [1.165, 1.54) is 0 Å². The molecule has 0 heterocycles. The fourth-order valence-corrected chi connectivity index (χ4v) is 1.42. The van der Waals surface area contributed by atoms with E-state index < -0.39 is 29.9 Å². The van der Waals surface area contributed by atoms with Gasteiger partial charge in [0.2, 0.25) is 0 Å². The van der Waals surface area contributed by atoms with Crippen molar-refractivity contribution < 1.29 is 23.4 Å². The van der Waals surface area contributed by atoms with Crippen LogP contribution in [0.4, 0.5) is 13.6 Å². The summed E-state index contributed by atoms with van der Waals surface area (Å²) in [5.41, 5.74) is -0.125. The Bertz CT molecular complexity index is 470. The van der Waals surface area contributed by atoms with Crippen molar-refractivity contribution in [2.75, 3.05) is 0 Å². The van der Waals surface area contributed by atoms with Crippen LogP contribution in [0.15, 0.2) is 12.1 Å². The largest absolute Gasteiger partial charge is 0.444 e. The van der Waals surface area contributed by atoms with E-state index >= 15 is 0 Å². The lowest BCUT2D eigenvalue weighted by Crippen LogP contribution is -2.32. The predicted octanol–water partition coefficient (Wildman–Crippen LogP) is 2.48. The minimum atomic E-state index is -1.04. The fourth-order valence-electron chi connectivity index (χ4n) is 1.42. The normalized spacial score (nSPS) is 11.3. The molecule has 1 aromatic carbocycles. The molecular formula is C13H17F2NO3. The van der Waals surface area contributed by atoms with E-state index in [4.69, 9.17) is 9.84 Å². The monoisotopic (exact) mass is 273 g/mol. The number of alkyl carbamates (subject to hydrolysis) is 1. The first-order valence-electron chi connectivity index (χ1n) is 5.77. The number of hydrogen-bond donors (Lipinski definition) is 2. The first-order valence-corrected chi connectivity index (χ1v) is 5.77.